The maximum absolute atomic E-state index is 13.0. The van der Waals surface area contributed by atoms with E-state index < -0.39 is 0 Å². The highest BCUT2D eigenvalue weighted by atomic mass is 16.1. The summed E-state index contributed by atoms with van der Waals surface area (Å²) >= 11 is 0. The molecule has 0 atom stereocenters. The second-order valence-corrected chi connectivity index (χ2v) is 8.73. The molecule has 2 N–H and O–H groups in total. The Kier molecular flexibility index (Phi) is 5.11. The minimum atomic E-state index is -0.209. The summed E-state index contributed by atoms with van der Waals surface area (Å²) in [6, 6.07) is 6.31. The molecule has 30 heavy (non-hydrogen) atoms. The molecule has 2 fully saturated rings. The summed E-state index contributed by atoms with van der Waals surface area (Å²) in [6.07, 6.45) is 12.2. The smallest absolute Gasteiger partial charge is 0.274 e. The number of carbonyl (C=O) groups excluding carboxylic acids is 1. The van der Waals surface area contributed by atoms with Crippen molar-refractivity contribution in [2.75, 3.05) is 16.8 Å². The molecule has 2 aliphatic carbocycles. The molecule has 2 aliphatic rings. The third-order valence-electron chi connectivity index (χ3n) is 6.38. The molecule has 7 nitrogen and oxygen atoms in total. The van der Waals surface area contributed by atoms with Crippen molar-refractivity contribution < 1.29 is 4.79 Å². The molecular formula is C23H28N6O. The second-order valence-electron chi connectivity index (χ2n) is 8.73. The van der Waals surface area contributed by atoms with E-state index in [1.807, 2.05) is 25.1 Å². The van der Waals surface area contributed by atoms with Gasteiger partial charge in [-0.05, 0) is 56.2 Å². The van der Waals surface area contributed by atoms with Gasteiger partial charge in [-0.1, -0.05) is 19.3 Å². The number of amides is 1. The van der Waals surface area contributed by atoms with Gasteiger partial charge < -0.3 is 10.2 Å². The number of nitrogens with one attached hydrogen (secondary N) is 2. The maximum Gasteiger partial charge on any atom is 0.274 e. The van der Waals surface area contributed by atoms with Gasteiger partial charge in [-0.2, -0.15) is 5.10 Å². The van der Waals surface area contributed by atoms with Gasteiger partial charge in [0.05, 0.1) is 11.7 Å². The van der Waals surface area contributed by atoms with Crippen molar-refractivity contribution in [1.29, 1.82) is 0 Å². The van der Waals surface area contributed by atoms with E-state index in [-0.39, 0.29) is 5.91 Å². The zero-order valence-corrected chi connectivity index (χ0v) is 17.4. The van der Waals surface area contributed by atoms with E-state index in [1.54, 1.807) is 6.20 Å². The Balaban J connectivity index is 1.38. The predicted octanol–water partition coefficient (Wildman–Crippen LogP) is 4.46. The van der Waals surface area contributed by atoms with Crippen LogP contribution in [0.2, 0.25) is 0 Å². The number of benzene rings is 1. The summed E-state index contributed by atoms with van der Waals surface area (Å²) in [5.74, 6) is 1.44. The minimum Gasteiger partial charge on any atom is -0.353 e. The summed E-state index contributed by atoms with van der Waals surface area (Å²) in [5, 5.41) is 11.0. The van der Waals surface area contributed by atoms with Crippen molar-refractivity contribution in [1.82, 2.24) is 20.2 Å². The number of rotatable bonds is 6. The van der Waals surface area contributed by atoms with Crippen LogP contribution in [-0.4, -0.2) is 38.7 Å². The molecule has 2 aromatic heterocycles. The number of hydrogen-bond donors (Lipinski definition) is 2. The fourth-order valence-corrected chi connectivity index (χ4v) is 4.45. The Morgan fingerprint density at radius 1 is 1.13 bits per heavy atom. The Morgan fingerprint density at radius 2 is 1.97 bits per heavy atom. The van der Waals surface area contributed by atoms with Crippen LogP contribution in [0.25, 0.3) is 10.9 Å². The van der Waals surface area contributed by atoms with Gasteiger partial charge in [-0.25, -0.2) is 9.97 Å². The third kappa shape index (κ3) is 4.01. The van der Waals surface area contributed by atoms with Crippen LogP contribution in [0.15, 0.2) is 30.7 Å². The lowest BCUT2D eigenvalue weighted by molar-refractivity contribution is 0.102. The van der Waals surface area contributed by atoms with Crippen LogP contribution in [-0.2, 0) is 0 Å². The van der Waals surface area contributed by atoms with Gasteiger partial charge in [-0.15, -0.1) is 0 Å². The van der Waals surface area contributed by atoms with Crippen molar-refractivity contribution in [2.45, 2.75) is 57.9 Å². The first-order valence-electron chi connectivity index (χ1n) is 11.0. The van der Waals surface area contributed by atoms with Gasteiger partial charge in [0.1, 0.15) is 17.8 Å². The van der Waals surface area contributed by atoms with Gasteiger partial charge in [0.2, 0.25) is 0 Å². The van der Waals surface area contributed by atoms with Gasteiger partial charge in [-0.3, -0.25) is 9.89 Å². The van der Waals surface area contributed by atoms with Crippen LogP contribution >= 0.6 is 0 Å². The highest BCUT2D eigenvalue weighted by Gasteiger charge is 2.30. The quantitative estimate of drug-likeness (QED) is 0.633. The topological polar surface area (TPSA) is 86.8 Å². The van der Waals surface area contributed by atoms with Crippen molar-refractivity contribution in [3.8, 4) is 0 Å². The third-order valence-corrected chi connectivity index (χ3v) is 6.38. The number of aryl methyl sites for hydroxylation is 1. The molecule has 3 aromatic rings. The zero-order valence-electron chi connectivity index (χ0n) is 17.4. The number of aromatic amines is 1. The number of fused-ring (bicyclic) bond motifs is 1. The molecule has 2 heterocycles. The molecule has 2 saturated carbocycles. The van der Waals surface area contributed by atoms with E-state index in [9.17, 15) is 4.79 Å². The fraction of sp³-hybridized carbons (Fsp3) is 0.478. The minimum absolute atomic E-state index is 0.209. The summed E-state index contributed by atoms with van der Waals surface area (Å²) in [4.78, 5) is 24.3. The van der Waals surface area contributed by atoms with Gasteiger partial charge >= 0.3 is 0 Å². The van der Waals surface area contributed by atoms with Crippen LogP contribution in [0, 0.1) is 12.8 Å². The van der Waals surface area contributed by atoms with E-state index in [4.69, 9.17) is 0 Å². The predicted molar refractivity (Wildman–Crippen MR) is 118 cm³/mol. The summed E-state index contributed by atoms with van der Waals surface area (Å²) < 4.78 is 0. The largest absolute Gasteiger partial charge is 0.353 e. The average Bonchev–Trinajstić information content (AvgIpc) is 3.49. The summed E-state index contributed by atoms with van der Waals surface area (Å²) in [7, 11) is 0. The Hall–Kier alpha value is -2.96. The molecule has 0 unspecified atom stereocenters. The fourth-order valence-electron chi connectivity index (χ4n) is 4.45. The van der Waals surface area contributed by atoms with Crippen LogP contribution in [0.4, 0.5) is 11.5 Å². The first kappa shape index (κ1) is 19.0. The molecule has 1 aromatic carbocycles. The lowest BCUT2D eigenvalue weighted by Crippen LogP contribution is -2.39. The van der Waals surface area contributed by atoms with Crippen molar-refractivity contribution in [2.24, 2.45) is 5.92 Å². The maximum atomic E-state index is 13.0. The lowest BCUT2D eigenvalue weighted by Gasteiger charge is -2.35. The van der Waals surface area contributed by atoms with Crippen LogP contribution in [0.5, 0.6) is 0 Å². The number of anilines is 2. The van der Waals surface area contributed by atoms with E-state index in [2.05, 4.69) is 30.4 Å². The SMILES string of the molecule is Cc1cc2[nH]ncc2cc1NC(=O)c1cc(N(CC2CC2)C2CCCCC2)ncn1. The Labute approximate surface area is 176 Å². The summed E-state index contributed by atoms with van der Waals surface area (Å²) in [5.41, 5.74) is 3.12. The number of carbonyl (C=O) groups is 1. The molecule has 0 radical (unpaired) electrons. The molecule has 0 spiro atoms. The average molecular weight is 405 g/mol. The number of aromatic nitrogens is 4. The number of hydrogen-bond acceptors (Lipinski definition) is 5. The molecule has 0 bridgehead atoms. The highest BCUT2D eigenvalue weighted by molar-refractivity contribution is 6.04. The van der Waals surface area contributed by atoms with Gasteiger partial charge in [0.15, 0.2) is 0 Å². The van der Waals surface area contributed by atoms with E-state index in [0.29, 0.717) is 11.7 Å². The zero-order chi connectivity index (χ0) is 20.5. The Morgan fingerprint density at radius 3 is 2.77 bits per heavy atom. The summed E-state index contributed by atoms with van der Waals surface area (Å²) in [6.45, 7) is 3.01. The first-order chi connectivity index (χ1) is 14.7. The normalized spacial score (nSPS) is 17.2. The van der Waals surface area contributed by atoms with Crippen molar-refractivity contribution in [3.63, 3.8) is 0 Å². The highest BCUT2D eigenvalue weighted by Crippen LogP contribution is 2.34. The first-order valence-corrected chi connectivity index (χ1v) is 11.0. The molecule has 5 rings (SSSR count). The van der Waals surface area contributed by atoms with Gasteiger partial charge in [0, 0.05) is 29.7 Å². The molecule has 156 valence electrons. The van der Waals surface area contributed by atoms with Crippen LogP contribution in [0.3, 0.4) is 0 Å². The second kappa shape index (κ2) is 8.05. The van der Waals surface area contributed by atoms with Gasteiger partial charge in [0.25, 0.3) is 5.91 Å². The van der Waals surface area contributed by atoms with E-state index in [1.165, 1.54) is 51.3 Å². The molecule has 0 saturated heterocycles. The lowest BCUT2D eigenvalue weighted by atomic mass is 9.94. The molecule has 1 amide bonds. The number of nitrogens with zero attached hydrogens (tertiary/aromatic N) is 4. The van der Waals surface area contributed by atoms with Crippen LogP contribution in [0.1, 0.15) is 61.0 Å². The molecule has 0 aliphatic heterocycles. The van der Waals surface area contributed by atoms with Crippen LogP contribution < -0.4 is 10.2 Å². The standard InChI is InChI=1S/C23H28N6O/c1-15-9-20-17(12-26-28-20)10-19(15)27-23(30)21-11-22(25-14-24-21)29(13-16-7-8-16)18-5-3-2-4-6-18/h9-12,14,16,18H,2-8,13H2,1H3,(H,26,28)(H,27,30). The monoisotopic (exact) mass is 404 g/mol. The van der Waals surface area contributed by atoms with E-state index >= 15 is 0 Å². The molecule has 7 heteroatoms. The number of H-pyrrole nitrogens is 1. The van der Waals surface area contributed by atoms with Crippen molar-refractivity contribution in [3.05, 3.63) is 42.0 Å². The molecular weight excluding hydrogens is 376 g/mol. The van der Waals surface area contributed by atoms with Crippen molar-refractivity contribution >= 4 is 28.3 Å². The van der Waals surface area contributed by atoms with E-state index in [0.717, 1.165) is 40.4 Å². The Bertz CT molecular complexity index is 1050.